The Kier molecular flexibility index (Phi) is 3.70. The molecule has 0 heterocycles. The van der Waals surface area contributed by atoms with Crippen LogP contribution in [0.4, 0.5) is 0 Å². The standard InChI is InChI=1S/C22H21N/c1-15-12-19(22(2,3)4)9-11-20(15)17-8-10-21-16(13-17)6-5-7-18(21)14-23/h5-13H,1-4H3. The molecule has 1 heteroatoms. The molecule has 0 fully saturated rings. The van der Waals surface area contributed by atoms with Crippen LogP contribution in [-0.2, 0) is 5.41 Å². The minimum absolute atomic E-state index is 0.161. The van der Waals surface area contributed by atoms with E-state index >= 15 is 0 Å². The van der Waals surface area contributed by atoms with E-state index in [1.54, 1.807) is 0 Å². The van der Waals surface area contributed by atoms with Gasteiger partial charge in [-0.25, -0.2) is 0 Å². The molecule has 114 valence electrons. The molecule has 0 aliphatic heterocycles. The van der Waals surface area contributed by atoms with Crippen LogP contribution in [0.1, 0.15) is 37.5 Å². The number of nitriles is 1. The third-order valence-corrected chi connectivity index (χ3v) is 4.40. The van der Waals surface area contributed by atoms with E-state index in [0.29, 0.717) is 0 Å². The predicted octanol–water partition coefficient (Wildman–Crippen LogP) is 5.98. The number of hydrogen-bond donors (Lipinski definition) is 0. The van der Waals surface area contributed by atoms with Gasteiger partial charge in [0.25, 0.3) is 0 Å². The topological polar surface area (TPSA) is 23.8 Å². The Hall–Kier alpha value is -2.59. The number of fused-ring (bicyclic) bond motifs is 1. The third kappa shape index (κ3) is 2.85. The molecular weight excluding hydrogens is 278 g/mol. The maximum atomic E-state index is 9.22. The minimum Gasteiger partial charge on any atom is -0.192 e. The molecule has 0 bridgehead atoms. The fourth-order valence-electron chi connectivity index (χ4n) is 3.00. The third-order valence-electron chi connectivity index (χ3n) is 4.40. The summed E-state index contributed by atoms with van der Waals surface area (Å²) in [5, 5.41) is 11.4. The second-order valence-electron chi connectivity index (χ2n) is 7.13. The highest BCUT2D eigenvalue weighted by molar-refractivity contribution is 5.91. The second-order valence-corrected chi connectivity index (χ2v) is 7.13. The summed E-state index contributed by atoms with van der Waals surface area (Å²) in [6.07, 6.45) is 0. The smallest absolute Gasteiger partial charge is 0.0998 e. The molecule has 3 aromatic rings. The molecule has 0 unspecified atom stereocenters. The first-order valence-corrected chi connectivity index (χ1v) is 7.94. The maximum absolute atomic E-state index is 9.22. The Balaban J connectivity index is 2.13. The molecule has 0 amide bonds. The summed E-state index contributed by atoms with van der Waals surface area (Å²) in [5.74, 6) is 0. The minimum atomic E-state index is 0.161. The zero-order chi connectivity index (χ0) is 16.6. The highest BCUT2D eigenvalue weighted by Crippen LogP contribution is 2.31. The van der Waals surface area contributed by atoms with E-state index in [0.717, 1.165) is 16.3 Å². The highest BCUT2D eigenvalue weighted by atomic mass is 14.2. The molecule has 0 aliphatic carbocycles. The van der Waals surface area contributed by atoms with Crippen molar-refractivity contribution >= 4 is 10.8 Å². The van der Waals surface area contributed by atoms with Crippen molar-refractivity contribution in [3.63, 3.8) is 0 Å². The fourth-order valence-corrected chi connectivity index (χ4v) is 3.00. The van der Waals surface area contributed by atoms with Crippen LogP contribution in [0, 0.1) is 18.3 Å². The van der Waals surface area contributed by atoms with Crippen LogP contribution in [0.2, 0.25) is 0 Å². The van der Waals surface area contributed by atoms with Gasteiger partial charge in [0, 0.05) is 0 Å². The Bertz CT molecular complexity index is 921. The average molecular weight is 299 g/mol. The number of rotatable bonds is 1. The lowest BCUT2D eigenvalue weighted by atomic mass is 9.84. The van der Waals surface area contributed by atoms with Gasteiger partial charge in [0.15, 0.2) is 0 Å². The summed E-state index contributed by atoms with van der Waals surface area (Å²) in [6, 6.07) is 21.2. The van der Waals surface area contributed by atoms with Crippen LogP contribution in [-0.4, -0.2) is 0 Å². The predicted molar refractivity (Wildman–Crippen MR) is 97.5 cm³/mol. The van der Waals surface area contributed by atoms with Gasteiger partial charge in [-0.05, 0) is 57.5 Å². The van der Waals surface area contributed by atoms with Crippen LogP contribution in [0.5, 0.6) is 0 Å². The normalized spacial score (nSPS) is 11.4. The number of benzene rings is 3. The lowest BCUT2D eigenvalue weighted by Gasteiger charge is -2.20. The zero-order valence-corrected chi connectivity index (χ0v) is 14.1. The Morgan fingerprint density at radius 2 is 1.70 bits per heavy atom. The maximum Gasteiger partial charge on any atom is 0.0998 e. The molecule has 0 radical (unpaired) electrons. The number of aryl methyl sites for hydroxylation is 1. The molecule has 23 heavy (non-hydrogen) atoms. The summed E-state index contributed by atoms with van der Waals surface area (Å²) in [7, 11) is 0. The van der Waals surface area contributed by atoms with E-state index in [2.05, 4.69) is 76.2 Å². The first-order valence-electron chi connectivity index (χ1n) is 7.94. The molecule has 0 aromatic heterocycles. The van der Waals surface area contributed by atoms with Crippen molar-refractivity contribution in [1.29, 1.82) is 5.26 Å². The first kappa shape index (κ1) is 15.3. The van der Waals surface area contributed by atoms with Crippen LogP contribution in [0.25, 0.3) is 21.9 Å². The molecule has 0 atom stereocenters. The van der Waals surface area contributed by atoms with Crippen molar-refractivity contribution in [2.45, 2.75) is 33.1 Å². The van der Waals surface area contributed by atoms with Crippen molar-refractivity contribution in [1.82, 2.24) is 0 Å². The zero-order valence-electron chi connectivity index (χ0n) is 14.1. The molecule has 0 saturated heterocycles. The van der Waals surface area contributed by atoms with Crippen molar-refractivity contribution < 1.29 is 0 Å². The van der Waals surface area contributed by atoms with Crippen LogP contribution in [0.15, 0.2) is 54.6 Å². The summed E-state index contributed by atoms with van der Waals surface area (Å²) >= 11 is 0. The molecule has 0 spiro atoms. The van der Waals surface area contributed by atoms with Crippen LogP contribution < -0.4 is 0 Å². The van der Waals surface area contributed by atoms with Gasteiger partial charge in [-0.3, -0.25) is 0 Å². The van der Waals surface area contributed by atoms with Crippen molar-refractivity contribution in [3.8, 4) is 17.2 Å². The Morgan fingerprint density at radius 3 is 2.35 bits per heavy atom. The largest absolute Gasteiger partial charge is 0.192 e. The average Bonchev–Trinajstić information content (AvgIpc) is 2.52. The van der Waals surface area contributed by atoms with Gasteiger partial charge in [-0.2, -0.15) is 5.26 Å². The highest BCUT2D eigenvalue weighted by Gasteiger charge is 2.15. The van der Waals surface area contributed by atoms with Gasteiger partial charge in [0.1, 0.15) is 0 Å². The molecule has 3 aromatic carbocycles. The van der Waals surface area contributed by atoms with Crippen molar-refractivity contribution in [2.75, 3.05) is 0 Å². The molecule has 0 saturated carbocycles. The monoisotopic (exact) mass is 299 g/mol. The van der Waals surface area contributed by atoms with E-state index in [1.807, 2.05) is 12.1 Å². The summed E-state index contributed by atoms with van der Waals surface area (Å²) in [6.45, 7) is 8.88. The van der Waals surface area contributed by atoms with Gasteiger partial charge in [0.05, 0.1) is 11.6 Å². The van der Waals surface area contributed by atoms with E-state index in [-0.39, 0.29) is 5.41 Å². The van der Waals surface area contributed by atoms with Gasteiger partial charge < -0.3 is 0 Å². The van der Waals surface area contributed by atoms with E-state index < -0.39 is 0 Å². The van der Waals surface area contributed by atoms with E-state index in [4.69, 9.17) is 0 Å². The second kappa shape index (κ2) is 5.56. The first-order chi connectivity index (χ1) is 10.9. The summed E-state index contributed by atoms with van der Waals surface area (Å²) in [4.78, 5) is 0. The summed E-state index contributed by atoms with van der Waals surface area (Å²) < 4.78 is 0. The Morgan fingerprint density at radius 1 is 0.913 bits per heavy atom. The van der Waals surface area contributed by atoms with Gasteiger partial charge in [0.2, 0.25) is 0 Å². The van der Waals surface area contributed by atoms with Gasteiger partial charge in [-0.15, -0.1) is 0 Å². The fraction of sp³-hybridized carbons (Fsp3) is 0.227. The molecular formula is C22H21N. The van der Waals surface area contributed by atoms with Crippen LogP contribution in [0.3, 0.4) is 0 Å². The van der Waals surface area contributed by atoms with Gasteiger partial charge in [-0.1, -0.05) is 63.2 Å². The molecule has 3 rings (SSSR count). The van der Waals surface area contributed by atoms with Crippen molar-refractivity contribution in [3.05, 3.63) is 71.3 Å². The summed E-state index contributed by atoms with van der Waals surface area (Å²) in [5.41, 5.74) is 5.98. The molecule has 0 N–H and O–H groups in total. The van der Waals surface area contributed by atoms with E-state index in [9.17, 15) is 5.26 Å². The van der Waals surface area contributed by atoms with Crippen molar-refractivity contribution in [2.24, 2.45) is 0 Å². The number of hydrogen-bond acceptors (Lipinski definition) is 1. The number of nitrogens with zero attached hydrogens (tertiary/aromatic N) is 1. The molecule has 0 aliphatic rings. The van der Waals surface area contributed by atoms with Gasteiger partial charge >= 0.3 is 0 Å². The lowest BCUT2D eigenvalue weighted by molar-refractivity contribution is 0.590. The Labute approximate surface area is 138 Å². The molecule has 1 nitrogen and oxygen atoms in total. The SMILES string of the molecule is Cc1cc(C(C)(C)C)ccc1-c1ccc2c(C#N)cccc2c1. The lowest BCUT2D eigenvalue weighted by Crippen LogP contribution is -2.11. The van der Waals surface area contributed by atoms with Crippen LogP contribution >= 0.6 is 0 Å². The quantitative estimate of drug-likeness (QED) is 0.542. The van der Waals surface area contributed by atoms with E-state index in [1.165, 1.54) is 22.3 Å².